The number of anilines is 2. The maximum Gasteiger partial charge on any atom is 0.417 e. The van der Waals surface area contributed by atoms with Gasteiger partial charge in [0, 0.05) is 16.6 Å². The van der Waals surface area contributed by atoms with Crippen LogP contribution in [0.5, 0.6) is 5.75 Å². The van der Waals surface area contributed by atoms with E-state index in [0.717, 1.165) is 17.4 Å². The lowest BCUT2D eigenvalue weighted by atomic mass is 10.1. The van der Waals surface area contributed by atoms with E-state index in [1.54, 1.807) is 54.6 Å². The number of fused-ring (bicyclic) bond motifs is 1. The number of halogens is 3. The number of nitrogens with two attached hydrogens (primary N) is 1. The van der Waals surface area contributed by atoms with Crippen LogP contribution in [0, 0.1) is 0 Å². The van der Waals surface area contributed by atoms with Crippen LogP contribution in [0.4, 0.5) is 24.5 Å². The van der Waals surface area contributed by atoms with E-state index in [4.69, 9.17) is 10.5 Å². The Labute approximate surface area is 179 Å². The van der Waals surface area contributed by atoms with E-state index in [2.05, 4.69) is 10.3 Å². The number of para-hydroxylation sites is 1. The molecule has 0 spiro atoms. The number of amides is 1. The first-order valence-electron chi connectivity index (χ1n) is 9.09. The minimum Gasteiger partial charge on any atom is -0.497 e. The average molecular weight is 443 g/mol. The van der Waals surface area contributed by atoms with Gasteiger partial charge in [-0.1, -0.05) is 18.2 Å². The molecule has 0 aliphatic heterocycles. The Morgan fingerprint density at radius 1 is 1.10 bits per heavy atom. The summed E-state index contributed by atoms with van der Waals surface area (Å²) in [6, 6.07) is 16.0. The third-order valence-corrected chi connectivity index (χ3v) is 5.73. The average Bonchev–Trinajstić information content (AvgIpc) is 3.10. The number of methoxy groups -OCH3 is 1. The summed E-state index contributed by atoms with van der Waals surface area (Å²) in [7, 11) is 1.50. The molecule has 4 rings (SSSR count). The molecule has 0 aliphatic rings. The lowest BCUT2D eigenvalue weighted by Gasteiger charge is -2.11. The Kier molecular flexibility index (Phi) is 5.28. The number of alkyl halides is 3. The van der Waals surface area contributed by atoms with Crippen molar-refractivity contribution in [2.45, 2.75) is 6.18 Å². The lowest BCUT2D eigenvalue weighted by Crippen LogP contribution is -2.12. The number of nitrogens with zero attached hydrogens (tertiary/aromatic N) is 1. The molecule has 5 nitrogen and oxygen atoms in total. The standard InChI is InChI=1S/C22H16F3N3O2S/c1-30-14-9-7-12(8-10-14)16-11-15(22(23,24)25)17-18(26)19(31-21(17)28-16)20(29)27-13-5-3-2-4-6-13/h2-11H,26H2,1H3,(H,27,29). The van der Waals surface area contributed by atoms with E-state index in [1.807, 2.05) is 0 Å². The molecule has 0 aliphatic carbocycles. The smallest absolute Gasteiger partial charge is 0.417 e. The van der Waals surface area contributed by atoms with Crippen molar-refractivity contribution >= 4 is 38.8 Å². The normalized spacial score (nSPS) is 11.5. The van der Waals surface area contributed by atoms with Crippen molar-refractivity contribution in [2.75, 3.05) is 18.2 Å². The molecule has 0 saturated heterocycles. The zero-order valence-electron chi connectivity index (χ0n) is 16.2. The first kappa shape index (κ1) is 20.7. The van der Waals surface area contributed by atoms with Crippen molar-refractivity contribution < 1.29 is 22.7 Å². The molecule has 0 radical (unpaired) electrons. The van der Waals surface area contributed by atoms with Gasteiger partial charge < -0.3 is 15.8 Å². The first-order chi connectivity index (χ1) is 14.8. The van der Waals surface area contributed by atoms with Gasteiger partial charge in [0.15, 0.2) is 0 Å². The lowest BCUT2D eigenvalue weighted by molar-refractivity contribution is -0.136. The fourth-order valence-electron chi connectivity index (χ4n) is 3.13. The van der Waals surface area contributed by atoms with E-state index in [9.17, 15) is 18.0 Å². The van der Waals surface area contributed by atoms with E-state index in [-0.39, 0.29) is 26.5 Å². The topological polar surface area (TPSA) is 77.2 Å². The second kappa shape index (κ2) is 7.92. The number of carbonyl (C=O) groups excluding carboxylic acids is 1. The quantitative estimate of drug-likeness (QED) is 0.416. The number of rotatable bonds is 4. The fraction of sp³-hybridized carbons (Fsp3) is 0.0909. The van der Waals surface area contributed by atoms with Crippen LogP contribution in [0.15, 0.2) is 60.7 Å². The van der Waals surface area contributed by atoms with Gasteiger partial charge >= 0.3 is 6.18 Å². The molecule has 1 amide bonds. The van der Waals surface area contributed by atoms with Gasteiger partial charge in [-0.2, -0.15) is 13.2 Å². The predicted octanol–water partition coefficient (Wildman–Crippen LogP) is 5.83. The predicted molar refractivity (Wildman–Crippen MR) is 115 cm³/mol. The number of hydrogen-bond acceptors (Lipinski definition) is 5. The minimum absolute atomic E-state index is 0.0243. The number of hydrogen-bond donors (Lipinski definition) is 2. The van der Waals surface area contributed by atoms with Crippen molar-refractivity contribution in [3.05, 3.63) is 71.1 Å². The molecule has 2 aromatic carbocycles. The second-order valence-corrected chi connectivity index (χ2v) is 7.63. The summed E-state index contributed by atoms with van der Waals surface area (Å²) >= 11 is 0.825. The molecular formula is C22H16F3N3O2S. The summed E-state index contributed by atoms with van der Waals surface area (Å²) in [6.07, 6.45) is -4.68. The van der Waals surface area contributed by atoms with Crippen LogP contribution >= 0.6 is 11.3 Å². The van der Waals surface area contributed by atoms with Crippen LogP contribution in [0.2, 0.25) is 0 Å². The molecule has 158 valence electrons. The molecule has 0 bridgehead atoms. The monoisotopic (exact) mass is 443 g/mol. The highest BCUT2D eigenvalue weighted by Gasteiger charge is 2.36. The number of ether oxygens (including phenoxy) is 1. The number of aromatic nitrogens is 1. The van der Waals surface area contributed by atoms with Crippen LogP contribution in [0.1, 0.15) is 15.2 Å². The molecule has 9 heteroatoms. The van der Waals surface area contributed by atoms with Gasteiger partial charge in [-0.05, 0) is 42.5 Å². The second-order valence-electron chi connectivity index (χ2n) is 6.63. The number of thiophene rings is 1. The van der Waals surface area contributed by atoms with Crippen LogP contribution in [0.25, 0.3) is 21.5 Å². The number of nitrogens with one attached hydrogen (secondary N) is 1. The SMILES string of the molecule is COc1ccc(-c2cc(C(F)(F)F)c3c(N)c(C(=O)Nc4ccccc4)sc3n2)cc1. The molecule has 2 aromatic heterocycles. The van der Waals surface area contributed by atoms with E-state index < -0.39 is 17.6 Å². The molecule has 4 aromatic rings. The van der Waals surface area contributed by atoms with Gasteiger partial charge in [-0.25, -0.2) is 4.98 Å². The molecule has 31 heavy (non-hydrogen) atoms. The number of benzene rings is 2. The number of pyridine rings is 1. The summed E-state index contributed by atoms with van der Waals surface area (Å²) in [6.45, 7) is 0. The van der Waals surface area contributed by atoms with Crippen molar-refractivity contribution in [2.24, 2.45) is 0 Å². The Balaban J connectivity index is 1.84. The number of nitrogen functional groups attached to an aromatic ring is 1. The van der Waals surface area contributed by atoms with Crippen molar-refractivity contribution in [3.8, 4) is 17.0 Å². The highest BCUT2D eigenvalue weighted by atomic mass is 32.1. The number of carbonyl (C=O) groups is 1. The Hall–Kier alpha value is -3.59. The zero-order valence-corrected chi connectivity index (χ0v) is 17.0. The van der Waals surface area contributed by atoms with E-state index in [0.29, 0.717) is 17.0 Å². The van der Waals surface area contributed by atoms with Gasteiger partial charge in [-0.15, -0.1) is 11.3 Å². The maximum atomic E-state index is 13.9. The van der Waals surface area contributed by atoms with Crippen molar-refractivity contribution in [3.63, 3.8) is 0 Å². The summed E-state index contributed by atoms with van der Waals surface area (Å²) < 4.78 is 46.7. The van der Waals surface area contributed by atoms with Gasteiger partial charge in [-0.3, -0.25) is 4.79 Å². The summed E-state index contributed by atoms with van der Waals surface area (Å²) in [5, 5.41) is 2.38. The zero-order chi connectivity index (χ0) is 22.2. The van der Waals surface area contributed by atoms with Crippen LogP contribution in [-0.4, -0.2) is 18.0 Å². The van der Waals surface area contributed by atoms with Gasteiger partial charge in [0.1, 0.15) is 15.5 Å². The molecule has 0 fully saturated rings. The first-order valence-corrected chi connectivity index (χ1v) is 9.90. The largest absolute Gasteiger partial charge is 0.497 e. The fourth-order valence-corrected chi connectivity index (χ4v) is 4.15. The summed E-state index contributed by atoms with van der Waals surface area (Å²) in [5.41, 5.74) is 5.95. The molecule has 3 N–H and O–H groups in total. The molecular weight excluding hydrogens is 427 g/mol. The van der Waals surface area contributed by atoms with Gasteiger partial charge in [0.25, 0.3) is 5.91 Å². The molecule has 0 atom stereocenters. The van der Waals surface area contributed by atoms with Crippen LogP contribution in [-0.2, 0) is 6.18 Å². The molecule has 0 saturated carbocycles. The summed E-state index contributed by atoms with van der Waals surface area (Å²) in [4.78, 5) is 17.1. The van der Waals surface area contributed by atoms with Gasteiger partial charge in [0.05, 0.1) is 24.1 Å². The highest BCUT2D eigenvalue weighted by molar-refractivity contribution is 7.21. The van der Waals surface area contributed by atoms with Crippen LogP contribution in [0.3, 0.4) is 0 Å². The Morgan fingerprint density at radius 3 is 2.39 bits per heavy atom. The molecule has 0 unspecified atom stereocenters. The highest BCUT2D eigenvalue weighted by Crippen LogP contribution is 2.43. The van der Waals surface area contributed by atoms with Crippen molar-refractivity contribution in [1.29, 1.82) is 0 Å². The van der Waals surface area contributed by atoms with E-state index >= 15 is 0 Å². The Bertz CT molecular complexity index is 1250. The minimum atomic E-state index is -4.68. The molecule has 2 heterocycles. The Morgan fingerprint density at radius 2 is 1.77 bits per heavy atom. The third-order valence-electron chi connectivity index (χ3n) is 4.63. The van der Waals surface area contributed by atoms with E-state index in [1.165, 1.54) is 7.11 Å². The van der Waals surface area contributed by atoms with Crippen molar-refractivity contribution in [1.82, 2.24) is 4.98 Å². The third kappa shape index (κ3) is 4.04. The maximum absolute atomic E-state index is 13.9. The summed E-state index contributed by atoms with van der Waals surface area (Å²) in [5.74, 6) is -0.0214. The van der Waals surface area contributed by atoms with Crippen LogP contribution < -0.4 is 15.8 Å². The van der Waals surface area contributed by atoms with Gasteiger partial charge in [0.2, 0.25) is 0 Å².